The summed E-state index contributed by atoms with van der Waals surface area (Å²) in [5.41, 5.74) is 4.30. The summed E-state index contributed by atoms with van der Waals surface area (Å²) in [5.74, 6) is 0. The zero-order valence-electron chi connectivity index (χ0n) is 11.0. The van der Waals surface area contributed by atoms with E-state index in [0.29, 0.717) is 5.41 Å². The Bertz CT molecular complexity index is 329. The molecule has 1 heteroatoms. The molecule has 1 nitrogen and oxygen atoms in total. The summed E-state index contributed by atoms with van der Waals surface area (Å²) in [5, 5.41) is 8.91. The van der Waals surface area contributed by atoms with Crippen molar-refractivity contribution >= 4 is 0 Å². The molecule has 0 amide bonds. The Morgan fingerprint density at radius 1 is 1.44 bits per heavy atom. The average molecular weight is 220 g/mol. The van der Waals surface area contributed by atoms with Crippen molar-refractivity contribution < 1.29 is 5.11 Å². The van der Waals surface area contributed by atoms with Crippen LogP contribution in [-0.4, -0.2) is 11.7 Å². The maximum absolute atomic E-state index is 8.91. The van der Waals surface area contributed by atoms with Crippen LogP contribution in [0.15, 0.2) is 34.9 Å². The summed E-state index contributed by atoms with van der Waals surface area (Å²) in [6, 6.07) is 0. The molecule has 1 aliphatic carbocycles. The first-order valence-corrected chi connectivity index (χ1v) is 6.12. The Hall–Kier alpha value is -0.820. The Morgan fingerprint density at radius 2 is 2.12 bits per heavy atom. The number of hydrogen-bond donors (Lipinski definition) is 1. The molecule has 0 aromatic carbocycles. The van der Waals surface area contributed by atoms with Gasteiger partial charge >= 0.3 is 0 Å². The highest BCUT2D eigenvalue weighted by molar-refractivity contribution is 5.34. The van der Waals surface area contributed by atoms with E-state index in [-0.39, 0.29) is 6.61 Å². The lowest BCUT2D eigenvalue weighted by molar-refractivity contribution is 0.331. The van der Waals surface area contributed by atoms with E-state index >= 15 is 0 Å². The minimum absolute atomic E-state index is 0.145. The molecule has 1 rings (SSSR count). The van der Waals surface area contributed by atoms with E-state index in [0.717, 1.165) is 5.57 Å². The normalized spacial score (nSPS) is 21.9. The van der Waals surface area contributed by atoms with Crippen LogP contribution < -0.4 is 0 Å². The fourth-order valence-electron chi connectivity index (χ4n) is 2.37. The monoisotopic (exact) mass is 220 g/mol. The van der Waals surface area contributed by atoms with Crippen molar-refractivity contribution in [1.82, 2.24) is 0 Å². The van der Waals surface area contributed by atoms with Gasteiger partial charge in [0.15, 0.2) is 0 Å². The number of hydrogen-bond acceptors (Lipinski definition) is 1. The van der Waals surface area contributed by atoms with Gasteiger partial charge in [-0.2, -0.15) is 0 Å². The summed E-state index contributed by atoms with van der Waals surface area (Å²) in [7, 11) is 0. The number of aliphatic hydroxyl groups excluding tert-OH is 1. The average Bonchev–Trinajstić information content (AvgIpc) is 2.21. The lowest BCUT2D eigenvalue weighted by atomic mass is 9.72. The van der Waals surface area contributed by atoms with Crippen molar-refractivity contribution in [3.63, 3.8) is 0 Å². The molecule has 0 saturated heterocycles. The van der Waals surface area contributed by atoms with Crippen LogP contribution in [0.3, 0.4) is 0 Å². The van der Waals surface area contributed by atoms with Crippen LogP contribution in [-0.2, 0) is 0 Å². The lowest BCUT2D eigenvalue weighted by Gasteiger charge is -2.32. The Kier molecular flexibility index (Phi) is 4.55. The molecule has 0 heterocycles. The third kappa shape index (κ3) is 3.34. The highest BCUT2D eigenvalue weighted by atomic mass is 16.3. The molecule has 1 aliphatic rings. The predicted octanol–water partition coefficient (Wildman–Crippen LogP) is 4.01. The lowest BCUT2D eigenvalue weighted by Crippen LogP contribution is -2.18. The second kappa shape index (κ2) is 5.49. The molecule has 90 valence electrons. The van der Waals surface area contributed by atoms with Gasteiger partial charge in [-0.25, -0.2) is 0 Å². The summed E-state index contributed by atoms with van der Waals surface area (Å²) in [6.45, 7) is 8.96. The van der Waals surface area contributed by atoms with Gasteiger partial charge in [-0.1, -0.05) is 37.6 Å². The molecule has 0 aromatic rings. The molecule has 0 unspecified atom stereocenters. The van der Waals surface area contributed by atoms with Gasteiger partial charge in [0.25, 0.3) is 0 Å². The van der Waals surface area contributed by atoms with Gasteiger partial charge < -0.3 is 5.11 Å². The van der Waals surface area contributed by atoms with E-state index in [1.165, 1.54) is 30.4 Å². The number of aliphatic hydroxyl groups is 1. The fourth-order valence-corrected chi connectivity index (χ4v) is 2.37. The summed E-state index contributed by atoms with van der Waals surface area (Å²) in [6.07, 6.45) is 10.1. The van der Waals surface area contributed by atoms with Crippen molar-refractivity contribution in [3.8, 4) is 0 Å². The molecule has 0 aromatic heterocycles. The topological polar surface area (TPSA) is 20.2 Å². The molecule has 0 fully saturated rings. The molecular weight excluding hydrogens is 196 g/mol. The zero-order valence-corrected chi connectivity index (χ0v) is 11.0. The van der Waals surface area contributed by atoms with E-state index in [4.69, 9.17) is 5.11 Å². The van der Waals surface area contributed by atoms with E-state index in [1.807, 2.05) is 13.0 Å². The van der Waals surface area contributed by atoms with Crippen LogP contribution in [0, 0.1) is 5.41 Å². The van der Waals surface area contributed by atoms with Crippen molar-refractivity contribution in [1.29, 1.82) is 0 Å². The zero-order chi connectivity index (χ0) is 12.2. The van der Waals surface area contributed by atoms with Gasteiger partial charge in [-0.15, -0.1) is 0 Å². The molecule has 0 radical (unpaired) electrons. The van der Waals surface area contributed by atoms with Crippen molar-refractivity contribution in [2.45, 2.75) is 47.0 Å². The SMILES string of the molecule is CC1=C(/C=C/C=C(\C)CO)C(C)(C)CCC1. The standard InChI is InChI=1S/C15H24O/c1-12(11-16)7-5-9-14-13(2)8-6-10-15(14,3)4/h5,7,9,16H,6,8,10-11H2,1-4H3/b9-5+,12-7+. The molecule has 1 N–H and O–H groups in total. The van der Waals surface area contributed by atoms with Crippen LogP contribution in [0.5, 0.6) is 0 Å². The van der Waals surface area contributed by atoms with Gasteiger partial charge in [0.1, 0.15) is 0 Å². The molecule has 0 bridgehead atoms. The van der Waals surface area contributed by atoms with Crippen molar-refractivity contribution in [2.24, 2.45) is 5.41 Å². The minimum Gasteiger partial charge on any atom is -0.392 e. The van der Waals surface area contributed by atoms with Crippen LogP contribution in [0.4, 0.5) is 0 Å². The molecular formula is C15H24O. The third-order valence-corrected chi connectivity index (χ3v) is 3.44. The van der Waals surface area contributed by atoms with E-state index in [2.05, 4.69) is 32.9 Å². The highest BCUT2D eigenvalue weighted by Crippen LogP contribution is 2.40. The number of rotatable bonds is 3. The second-order valence-electron chi connectivity index (χ2n) is 5.46. The van der Waals surface area contributed by atoms with E-state index in [1.54, 1.807) is 0 Å². The summed E-state index contributed by atoms with van der Waals surface area (Å²) in [4.78, 5) is 0. The Labute approximate surface area is 99.6 Å². The molecule has 16 heavy (non-hydrogen) atoms. The van der Waals surface area contributed by atoms with Crippen LogP contribution >= 0.6 is 0 Å². The predicted molar refractivity (Wildman–Crippen MR) is 70.3 cm³/mol. The second-order valence-corrected chi connectivity index (χ2v) is 5.46. The van der Waals surface area contributed by atoms with Gasteiger partial charge in [0, 0.05) is 0 Å². The van der Waals surface area contributed by atoms with E-state index < -0.39 is 0 Å². The first-order chi connectivity index (χ1) is 7.47. The van der Waals surface area contributed by atoms with Gasteiger partial charge in [0.2, 0.25) is 0 Å². The molecule has 0 aliphatic heterocycles. The van der Waals surface area contributed by atoms with Crippen LogP contribution in [0.2, 0.25) is 0 Å². The molecule has 0 spiro atoms. The maximum Gasteiger partial charge on any atom is 0.0642 e. The summed E-state index contributed by atoms with van der Waals surface area (Å²) < 4.78 is 0. The first-order valence-electron chi connectivity index (χ1n) is 6.12. The van der Waals surface area contributed by atoms with Crippen LogP contribution in [0.1, 0.15) is 47.0 Å². The highest BCUT2D eigenvalue weighted by Gasteiger charge is 2.26. The van der Waals surface area contributed by atoms with Gasteiger partial charge in [-0.3, -0.25) is 0 Å². The smallest absolute Gasteiger partial charge is 0.0642 e. The van der Waals surface area contributed by atoms with Gasteiger partial charge in [-0.05, 0) is 49.7 Å². The molecule has 0 atom stereocenters. The number of allylic oxidation sites excluding steroid dienone is 5. The first kappa shape index (κ1) is 13.2. The van der Waals surface area contributed by atoms with Crippen molar-refractivity contribution in [2.75, 3.05) is 6.61 Å². The largest absolute Gasteiger partial charge is 0.392 e. The minimum atomic E-state index is 0.145. The quantitative estimate of drug-likeness (QED) is 0.713. The third-order valence-electron chi connectivity index (χ3n) is 3.44. The van der Waals surface area contributed by atoms with E-state index in [9.17, 15) is 0 Å². The summed E-state index contributed by atoms with van der Waals surface area (Å²) >= 11 is 0. The Balaban J connectivity index is 2.85. The van der Waals surface area contributed by atoms with Crippen LogP contribution in [0.25, 0.3) is 0 Å². The Morgan fingerprint density at radius 3 is 2.69 bits per heavy atom. The molecule has 0 saturated carbocycles. The fraction of sp³-hybridized carbons (Fsp3) is 0.600. The van der Waals surface area contributed by atoms with Gasteiger partial charge in [0.05, 0.1) is 6.61 Å². The maximum atomic E-state index is 8.91. The van der Waals surface area contributed by atoms with Crippen molar-refractivity contribution in [3.05, 3.63) is 34.9 Å².